The van der Waals surface area contributed by atoms with Gasteiger partial charge in [-0.15, -0.1) is 22.7 Å². The predicted octanol–water partition coefficient (Wildman–Crippen LogP) is 13.7. The molecule has 2 aliphatic heterocycles. The van der Waals surface area contributed by atoms with Crippen molar-refractivity contribution >= 4 is 72.1 Å². The van der Waals surface area contributed by atoms with Crippen molar-refractivity contribution < 1.29 is 35.9 Å². The summed E-state index contributed by atoms with van der Waals surface area (Å²) >= 11 is 7.81. The minimum atomic E-state index is -4.23. The zero-order valence-electron chi connectivity index (χ0n) is 38.8. The fraction of sp³-hybridized carbons (Fsp3) is 0.500. The number of nitrogens with one attached hydrogen (secondary N) is 1. The van der Waals surface area contributed by atoms with E-state index in [0.29, 0.717) is 39.2 Å². The molecule has 4 fully saturated rings. The molecule has 4 atom stereocenters. The van der Waals surface area contributed by atoms with Crippen molar-refractivity contribution in [3.05, 3.63) is 110 Å². The van der Waals surface area contributed by atoms with Gasteiger partial charge < -0.3 is 10.2 Å². The predicted molar refractivity (Wildman–Crippen MR) is 263 cm³/mol. The molecular formula is C52H57ClF6N6O2S2. The van der Waals surface area contributed by atoms with Gasteiger partial charge in [0.05, 0.1) is 18.2 Å². The van der Waals surface area contributed by atoms with Gasteiger partial charge >= 0.3 is 12.4 Å². The summed E-state index contributed by atoms with van der Waals surface area (Å²) < 4.78 is 75.0. The normalized spacial score (nSPS) is 22.4. The number of aromatic nitrogens is 4. The van der Waals surface area contributed by atoms with Crippen LogP contribution in [0.15, 0.2) is 73.3 Å². The summed E-state index contributed by atoms with van der Waals surface area (Å²) in [5, 5.41) is 4.92. The van der Waals surface area contributed by atoms with E-state index >= 15 is 0 Å². The van der Waals surface area contributed by atoms with Gasteiger partial charge in [0, 0.05) is 58.7 Å². The van der Waals surface area contributed by atoms with Crippen LogP contribution in [0.1, 0.15) is 120 Å². The van der Waals surface area contributed by atoms with Crippen LogP contribution in [0.3, 0.4) is 0 Å². The molecular weight excluding hydrogens is 954 g/mol. The lowest BCUT2D eigenvalue weighted by atomic mass is 9.83. The Balaban J connectivity index is 0.000000155. The van der Waals surface area contributed by atoms with Gasteiger partial charge in [-0.05, 0) is 117 Å². The van der Waals surface area contributed by atoms with Gasteiger partial charge in [0.15, 0.2) is 11.6 Å². The Morgan fingerprint density at radius 2 is 1.20 bits per heavy atom. The first kappa shape index (κ1) is 50.9. The Labute approximate surface area is 411 Å². The largest absolute Gasteiger partial charge is 0.393 e. The maximum Gasteiger partial charge on any atom is 0.393 e. The average molecular weight is 1010 g/mol. The highest BCUT2D eigenvalue weighted by Gasteiger charge is 2.45. The van der Waals surface area contributed by atoms with Gasteiger partial charge in [-0.25, -0.2) is 19.9 Å². The summed E-state index contributed by atoms with van der Waals surface area (Å²) in [4.78, 5) is 43.6. The highest BCUT2D eigenvalue weighted by Crippen LogP contribution is 2.51. The third-order valence-electron chi connectivity index (χ3n) is 14.4. The molecule has 69 heavy (non-hydrogen) atoms. The van der Waals surface area contributed by atoms with Gasteiger partial charge in [-0.1, -0.05) is 74.0 Å². The molecule has 17 heteroatoms. The fourth-order valence-electron chi connectivity index (χ4n) is 11.0. The molecule has 2 aliphatic carbocycles. The number of alkyl halides is 6. The van der Waals surface area contributed by atoms with E-state index in [1.54, 1.807) is 6.07 Å². The molecule has 8 nitrogen and oxygen atoms in total. The minimum absolute atomic E-state index is 0.174. The number of carbonyl (C=O) groups excluding carboxylic acids is 2. The van der Waals surface area contributed by atoms with Crippen molar-refractivity contribution in [1.82, 2.24) is 25.3 Å². The maximum absolute atomic E-state index is 12.9. The third-order valence-corrected chi connectivity index (χ3v) is 16.7. The summed E-state index contributed by atoms with van der Waals surface area (Å²) in [5.41, 5.74) is 5.17. The van der Waals surface area contributed by atoms with Crippen molar-refractivity contribution in [3.8, 4) is 0 Å². The van der Waals surface area contributed by atoms with Crippen molar-refractivity contribution in [1.29, 1.82) is 0 Å². The van der Waals surface area contributed by atoms with E-state index < -0.39 is 25.2 Å². The van der Waals surface area contributed by atoms with Crippen LogP contribution >= 0.6 is 34.3 Å². The second kappa shape index (κ2) is 21.5. The molecule has 6 heterocycles. The molecule has 2 saturated carbocycles. The second-order valence-electron chi connectivity index (χ2n) is 19.5. The summed E-state index contributed by atoms with van der Waals surface area (Å²) in [7, 11) is 0. The van der Waals surface area contributed by atoms with E-state index in [-0.39, 0.29) is 31.9 Å². The molecule has 0 amide bonds. The summed E-state index contributed by atoms with van der Waals surface area (Å²) in [6, 6.07) is 19.4. The van der Waals surface area contributed by atoms with E-state index in [4.69, 9.17) is 11.6 Å². The van der Waals surface area contributed by atoms with E-state index in [9.17, 15) is 35.9 Å². The molecule has 4 unspecified atom stereocenters. The molecule has 4 aromatic heterocycles. The van der Waals surface area contributed by atoms with Crippen LogP contribution in [0, 0.1) is 22.7 Å². The van der Waals surface area contributed by atoms with Crippen LogP contribution < -0.4 is 10.2 Å². The van der Waals surface area contributed by atoms with E-state index in [2.05, 4.69) is 54.4 Å². The lowest BCUT2D eigenvalue weighted by molar-refractivity contribution is -0.127. The zero-order chi connectivity index (χ0) is 49.0. The summed E-state index contributed by atoms with van der Waals surface area (Å²) in [6.45, 7) is 8.00. The average Bonchev–Trinajstić information content (AvgIpc) is 4.19. The maximum atomic E-state index is 12.9. The number of Topliss-reactive ketones (excluding diaryl/α,β-unsaturated/α-hetero) is 2. The number of rotatable bonds is 11. The molecule has 6 aromatic rings. The minimum Gasteiger partial charge on any atom is -0.355 e. The third kappa shape index (κ3) is 13.1. The number of hydrogen-bond acceptors (Lipinski definition) is 10. The van der Waals surface area contributed by atoms with E-state index in [1.807, 2.05) is 38.1 Å². The lowest BCUT2D eigenvalue weighted by Gasteiger charge is -2.25. The van der Waals surface area contributed by atoms with Gasteiger partial charge in [-0.3, -0.25) is 9.59 Å². The van der Waals surface area contributed by atoms with E-state index in [1.165, 1.54) is 81.5 Å². The van der Waals surface area contributed by atoms with Gasteiger partial charge in [0.1, 0.15) is 33.3 Å². The second-order valence-corrected chi connectivity index (χ2v) is 22.1. The lowest BCUT2D eigenvalue weighted by Crippen LogP contribution is -2.26. The quantitative estimate of drug-likeness (QED) is 0.0778. The molecule has 1 N–H and O–H groups in total. The first-order chi connectivity index (χ1) is 32.9. The standard InChI is InChI=1S/C26H28F3N3OS.C18H25NO.C8H4ClF3N2S/c1-2-22(33)19-5-3-17(4-6-19)11-18-7-8-25(13-18)9-10-32(15-25)23-21-12-20(14-26(27,28)29)34-24(21)31-16-30-23;1-2-17(20)16-5-3-14(4-6-16)11-15-7-8-18(12-15)9-10-19-13-18;9-6-5-1-4(2-8(10,11)12)15-7(5)14-3-13-6/h3-6,12,16,18H,2,7-11,13-15H2,1H3;3-6,15,19H,2,7-13H2,1H3;1,3H,2H2. The SMILES string of the molecule is CCC(=O)c1ccc(CC2CCC3(CCN(c4ncnc5sc(CC(F)(F)F)cc45)C3)C2)cc1.CCC(=O)c1ccc(CC2CCC3(CCNC3)C2)cc1.FC(F)(F)Cc1cc2c(Cl)ncnc2s1. The first-order valence-corrected chi connectivity index (χ1v) is 25.9. The Morgan fingerprint density at radius 1 is 0.696 bits per heavy atom. The van der Waals surface area contributed by atoms with Crippen LogP contribution in [0.2, 0.25) is 5.15 Å². The number of nitrogens with zero attached hydrogens (tertiary/aromatic N) is 5. The Bertz CT molecular complexity index is 2720. The van der Waals surface area contributed by atoms with Crippen LogP contribution in [-0.4, -0.2) is 70.0 Å². The Morgan fingerprint density at radius 3 is 1.71 bits per heavy atom. The molecule has 368 valence electrons. The van der Waals surface area contributed by atoms with Gasteiger partial charge in [0.2, 0.25) is 0 Å². The Kier molecular flexibility index (Phi) is 15.8. The number of thiophene rings is 2. The molecule has 0 radical (unpaired) electrons. The van der Waals surface area contributed by atoms with E-state index in [0.717, 1.165) is 89.7 Å². The number of ketones is 2. The fourth-order valence-corrected chi connectivity index (χ4v) is 13.3. The highest BCUT2D eigenvalue weighted by molar-refractivity contribution is 7.19. The molecule has 2 aromatic carbocycles. The number of benzene rings is 2. The molecule has 2 saturated heterocycles. The number of fused-ring (bicyclic) bond motifs is 2. The Hall–Kier alpha value is -4.51. The first-order valence-electron chi connectivity index (χ1n) is 23.9. The molecule has 10 rings (SSSR count). The zero-order valence-corrected chi connectivity index (χ0v) is 41.2. The summed E-state index contributed by atoms with van der Waals surface area (Å²) in [5.74, 6) is 2.63. The van der Waals surface area contributed by atoms with Crippen molar-refractivity contribution in [2.24, 2.45) is 22.7 Å². The van der Waals surface area contributed by atoms with Crippen LogP contribution in [-0.2, 0) is 25.7 Å². The number of hydrogen-bond donors (Lipinski definition) is 1. The van der Waals surface area contributed by atoms with Gasteiger partial charge in [-0.2, -0.15) is 26.3 Å². The van der Waals surface area contributed by atoms with Gasteiger partial charge in [0.25, 0.3) is 0 Å². The van der Waals surface area contributed by atoms with Crippen molar-refractivity contribution in [2.75, 3.05) is 31.1 Å². The topological polar surface area (TPSA) is 101 Å². The summed E-state index contributed by atoms with van der Waals surface area (Å²) in [6.07, 6.45) is 5.81. The molecule has 2 spiro atoms. The van der Waals surface area contributed by atoms with Crippen LogP contribution in [0.4, 0.5) is 32.2 Å². The van der Waals surface area contributed by atoms with Crippen LogP contribution in [0.5, 0.6) is 0 Å². The van der Waals surface area contributed by atoms with Crippen molar-refractivity contribution in [2.45, 2.75) is 116 Å². The smallest absolute Gasteiger partial charge is 0.355 e. The highest BCUT2D eigenvalue weighted by atomic mass is 35.5. The monoisotopic (exact) mass is 1010 g/mol. The number of halogens is 7. The molecule has 0 bridgehead atoms. The number of carbonyl (C=O) groups is 2. The molecule has 4 aliphatic rings. The van der Waals surface area contributed by atoms with Crippen LogP contribution in [0.25, 0.3) is 20.4 Å². The number of anilines is 1. The van der Waals surface area contributed by atoms with Crippen molar-refractivity contribution in [3.63, 3.8) is 0 Å².